The Bertz CT molecular complexity index is 360. The molecule has 1 aromatic heterocycles. The van der Waals surface area contributed by atoms with E-state index in [9.17, 15) is 13.2 Å². The summed E-state index contributed by atoms with van der Waals surface area (Å²) in [6.07, 6.45) is 0.951. The van der Waals surface area contributed by atoms with Crippen LogP contribution in [0.2, 0.25) is 0 Å². The Morgan fingerprint density at radius 1 is 1.37 bits per heavy atom. The van der Waals surface area contributed by atoms with Crippen LogP contribution in [-0.2, 0) is 12.7 Å². The second-order valence-corrected chi connectivity index (χ2v) is 4.66. The number of nitrogens with one attached hydrogen (secondary N) is 1. The summed E-state index contributed by atoms with van der Waals surface area (Å²) in [5.74, 6) is 0. The molecule has 0 fully saturated rings. The third-order valence-corrected chi connectivity index (χ3v) is 3.05. The van der Waals surface area contributed by atoms with Gasteiger partial charge in [0, 0.05) is 18.8 Å². The van der Waals surface area contributed by atoms with Crippen molar-refractivity contribution in [3.63, 3.8) is 0 Å². The van der Waals surface area contributed by atoms with Crippen LogP contribution in [-0.4, -0.2) is 22.4 Å². The third-order valence-electron chi connectivity index (χ3n) is 3.05. The molecule has 0 aromatic carbocycles. The normalized spacial score (nSPS) is 13.7. The number of halogens is 3. The van der Waals surface area contributed by atoms with Crippen molar-refractivity contribution in [1.29, 1.82) is 0 Å². The van der Waals surface area contributed by atoms with E-state index in [4.69, 9.17) is 0 Å². The topological polar surface area (TPSA) is 29.9 Å². The quantitative estimate of drug-likeness (QED) is 0.788. The standard InChI is InChI=1S/C13H22F3N3/c1-3-8-17-11(4-2)6-5-9-19-10-7-12(18-19)13(14,15)16/h7,10-11,17H,3-6,8-9H2,1-2H3. The van der Waals surface area contributed by atoms with Crippen LogP contribution in [0.15, 0.2) is 12.3 Å². The summed E-state index contributed by atoms with van der Waals surface area (Å²) in [6.45, 7) is 5.74. The Morgan fingerprint density at radius 2 is 2.11 bits per heavy atom. The van der Waals surface area contributed by atoms with Gasteiger partial charge in [-0.1, -0.05) is 13.8 Å². The van der Waals surface area contributed by atoms with Crippen molar-refractivity contribution >= 4 is 0 Å². The van der Waals surface area contributed by atoms with E-state index in [1.807, 2.05) is 0 Å². The zero-order chi connectivity index (χ0) is 14.3. The molecule has 1 rings (SSSR count). The van der Waals surface area contributed by atoms with Gasteiger partial charge in [-0.25, -0.2) is 0 Å². The molecule has 0 aliphatic carbocycles. The van der Waals surface area contributed by atoms with Gasteiger partial charge in [-0.3, -0.25) is 4.68 Å². The molecule has 1 unspecified atom stereocenters. The Balaban J connectivity index is 2.34. The molecule has 1 aromatic rings. The molecule has 6 heteroatoms. The van der Waals surface area contributed by atoms with Crippen molar-refractivity contribution in [2.24, 2.45) is 0 Å². The van der Waals surface area contributed by atoms with Crippen LogP contribution in [0.5, 0.6) is 0 Å². The summed E-state index contributed by atoms with van der Waals surface area (Å²) < 4.78 is 38.4. The Labute approximate surface area is 112 Å². The molecule has 0 spiro atoms. The molecule has 19 heavy (non-hydrogen) atoms. The SMILES string of the molecule is CCCNC(CC)CCCn1ccc(C(F)(F)F)n1. The van der Waals surface area contributed by atoms with Crippen molar-refractivity contribution in [2.45, 2.75) is 58.3 Å². The van der Waals surface area contributed by atoms with Gasteiger partial charge in [0.1, 0.15) is 0 Å². The first kappa shape index (κ1) is 16.0. The maximum absolute atomic E-state index is 12.4. The highest BCUT2D eigenvalue weighted by Gasteiger charge is 2.33. The van der Waals surface area contributed by atoms with Crippen LogP contribution in [0.3, 0.4) is 0 Å². The lowest BCUT2D eigenvalue weighted by Crippen LogP contribution is -2.29. The fraction of sp³-hybridized carbons (Fsp3) is 0.769. The van der Waals surface area contributed by atoms with E-state index in [2.05, 4.69) is 24.3 Å². The predicted molar refractivity (Wildman–Crippen MR) is 68.8 cm³/mol. The van der Waals surface area contributed by atoms with E-state index in [1.165, 1.54) is 10.9 Å². The number of aromatic nitrogens is 2. The van der Waals surface area contributed by atoms with Crippen molar-refractivity contribution in [3.8, 4) is 0 Å². The minimum absolute atomic E-state index is 0.442. The van der Waals surface area contributed by atoms with Crippen LogP contribution in [0.1, 0.15) is 45.2 Å². The lowest BCUT2D eigenvalue weighted by atomic mass is 10.1. The highest BCUT2D eigenvalue weighted by molar-refractivity contribution is 5.03. The number of aryl methyl sites for hydroxylation is 1. The maximum Gasteiger partial charge on any atom is 0.435 e. The molecular formula is C13H22F3N3. The smallest absolute Gasteiger partial charge is 0.314 e. The molecule has 1 heterocycles. The molecular weight excluding hydrogens is 255 g/mol. The molecule has 0 saturated carbocycles. The molecule has 0 aliphatic rings. The fourth-order valence-corrected chi connectivity index (χ4v) is 1.94. The second kappa shape index (κ2) is 7.53. The van der Waals surface area contributed by atoms with Crippen LogP contribution in [0.4, 0.5) is 13.2 Å². The van der Waals surface area contributed by atoms with Crippen molar-refractivity contribution < 1.29 is 13.2 Å². The Kier molecular flexibility index (Phi) is 6.34. The maximum atomic E-state index is 12.4. The van der Waals surface area contributed by atoms with Gasteiger partial charge in [0.2, 0.25) is 0 Å². The lowest BCUT2D eigenvalue weighted by molar-refractivity contribution is -0.141. The van der Waals surface area contributed by atoms with Gasteiger partial charge in [-0.05, 0) is 38.3 Å². The zero-order valence-electron chi connectivity index (χ0n) is 11.5. The Hall–Kier alpha value is -1.04. The van der Waals surface area contributed by atoms with Crippen molar-refractivity contribution in [2.75, 3.05) is 6.54 Å². The zero-order valence-corrected chi connectivity index (χ0v) is 11.5. The Morgan fingerprint density at radius 3 is 2.63 bits per heavy atom. The van der Waals surface area contributed by atoms with Gasteiger partial charge >= 0.3 is 6.18 Å². The predicted octanol–water partition coefficient (Wildman–Crippen LogP) is 3.46. The minimum Gasteiger partial charge on any atom is -0.314 e. The van der Waals surface area contributed by atoms with Crippen LogP contribution in [0, 0.1) is 0 Å². The van der Waals surface area contributed by atoms with E-state index < -0.39 is 11.9 Å². The van der Waals surface area contributed by atoms with Gasteiger partial charge < -0.3 is 5.32 Å². The molecule has 110 valence electrons. The van der Waals surface area contributed by atoms with Crippen molar-refractivity contribution in [1.82, 2.24) is 15.1 Å². The third kappa shape index (κ3) is 5.63. The minimum atomic E-state index is -4.35. The van der Waals surface area contributed by atoms with E-state index in [0.717, 1.165) is 38.3 Å². The number of nitrogens with zero attached hydrogens (tertiary/aromatic N) is 2. The number of hydrogen-bond acceptors (Lipinski definition) is 2. The highest BCUT2D eigenvalue weighted by Crippen LogP contribution is 2.27. The van der Waals surface area contributed by atoms with Gasteiger partial charge in [-0.2, -0.15) is 18.3 Å². The number of alkyl halides is 3. The van der Waals surface area contributed by atoms with Crippen molar-refractivity contribution in [3.05, 3.63) is 18.0 Å². The van der Waals surface area contributed by atoms with Gasteiger partial charge in [0.15, 0.2) is 5.69 Å². The largest absolute Gasteiger partial charge is 0.435 e. The summed E-state index contributed by atoms with van der Waals surface area (Å²) in [6, 6.07) is 1.46. The first-order valence-electron chi connectivity index (χ1n) is 6.81. The molecule has 1 N–H and O–H groups in total. The van der Waals surface area contributed by atoms with Crippen LogP contribution in [0.25, 0.3) is 0 Å². The van der Waals surface area contributed by atoms with Gasteiger partial charge in [0.25, 0.3) is 0 Å². The number of hydrogen-bond donors (Lipinski definition) is 1. The highest BCUT2D eigenvalue weighted by atomic mass is 19.4. The summed E-state index contributed by atoms with van der Waals surface area (Å²) in [5, 5.41) is 6.96. The second-order valence-electron chi connectivity index (χ2n) is 4.66. The average Bonchev–Trinajstić information content (AvgIpc) is 2.82. The average molecular weight is 277 g/mol. The summed E-state index contributed by atoms with van der Waals surface area (Å²) >= 11 is 0. The van der Waals surface area contributed by atoms with E-state index >= 15 is 0 Å². The first-order chi connectivity index (χ1) is 8.97. The van der Waals surface area contributed by atoms with Crippen LogP contribution >= 0.6 is 0 Å². The first-order valence-corrected chi connectivity index (χ1v) is 6.81. The molecule has 1 atom stereocenters. The summed E-state index contributed by atoms with van der Waals surface area (Å²) in [4.78, 5) is 0. The van der Waals surface area contributed by atoms with E-state index in [0.29, 0.717) is 12.6 Å². The molecule has 0 saturated heterocycles. The van der Waals surface area contributed by atoms with Crippen LogP contribution < -0.4 is 5.32 Å². The van der Waals surface area contributed by atoms with E-state index in [-0.39, 0.29) is 0 Å². The lowest BCUT2D eigenvalue weighted by Gasteiger charge is -2.16. The van der Waals surface area contributed by atoms with Gasteiger partial charge in [0.05, 0.1) is 0 Å². The molecule has 0 amide bonds. The molecule has 0 aliphatic heterocycles. The van der Waals surface area contributed by atoms with E-state index in [1.54, 1.807) is 0 Å². The monoisotopic (exact) mass is 277 g/mol. The van der Waals surface area contributed by atoms with Gasteiger partial charge in [-0.15, -0.1) is 0 Å². The molecule has 3 nitrogen and oxygen atoms in total. The summed E-state index contributed by atoms with van der Waals surface area (Å²) in [7, 11) is 0. The number of rotatable bonds is 8. The summed E-state index contributed by atoms with van der Waals surface area (Å²) in [5.41, 5.74) is -0.816. The molecule has 0 radical (unpaired) electrons. The molecule has 0 bridgehead atoms. The fourth-order valence-electron chi connectivity index (χ4n) is 1.94.